The predicted molar refractivity (Wildman–Crippen MR) is 120 cm³/mol. The highest BCUT2D eigenvalue weighted by atomic mass is 16.5. The molecule has 3 heteroatoms. The van der Waals surface area contributed by atoms with E-state index in [1.807, 2.05) is 42.5 Å². The van der Waals surface area contributed by atoms with Gasteiger partial charge in [0.15, 0.2) is 0 Å². The van der Waals surface area contributed by atoms with Gasteiger partial charge in [-0.25, -0.2) is 9.78 Å². The molecule has 0 fully saturated rings. The maximum atomic E-state index is 13.0. The first kappa shape index (κ1) is 20.3. The van der Waals surface area contributed by atoms with E-state index in [-0.39, 0.29) is 12.1 Å². The zero-order valence-corrected chi connectivity index (χ0v) is 17.8. The number of hydrogen-bond donors (Lipinski definition) is 0. The summed E-state index contributed by atoms with van der Waals surface area (Å²) >= 11 is 0. The lowest BCUT2D eigenvalue weighted by molar-refractivity contribution is 0.0296. The third kappa shape index (κ3) is 5.15. The van der Waals surface area contributed by atoms with Crippen LogP contribution in [-0.4, -0.2) is 17.1 Å². The van der Waals surface area contributed by atoms with Gasteiger partial charge in [-0.05, 0) is 47.4 Å². The number of benzene rings is 2. The fraction of sp³-hybridized carbons (Fsp3) is 0.333. The summed E-state index contributed by atoms with van der Waals surface area (Å²) in [4.78, 5) is 17.6. The zero-order chi connectivity index (χ0) is 21.0. The van der Waals surface area contributed by atoms with E-state index in [0.717, 1.165) is 36.1 Å². The molecule has 0 spiro atoms. The number of aryl methyl sites for hydroxylation is 1. The fourth-order valence-corrected chi connectivity index (χ4v) is 4.20. The van der Waals surface area contributed by atoms with Crippen LogP contribution in [0.15, 0.2) is 72.8 Å². The lowest BCUT2D eigenvalue weighted by Crippen LogP contribution is -2.26. The van der Waals surface area contributed by atoms with Gasteiger partial charge in [0.25, 0.3) is 0 Å². The van der Waals surface area contributed by atoms with Crippen molar-refractivity contribution in [3.8, 4) is 0 Å². The first-order valence-electron chi connectivity index (χ1n) is 10.8. The zero-order valence-electron chi connectivity index (χ0n) is 17.8. The molecule has 3 nitrogen and oxygen atoms in total. The first-order chi connectivity index (χ1) is 14.5. The van der Waals surface area contributed by atoms with Gasteiger partial charge in [-0.3, -0.25) is 0 Å². The van der Waals surface area contributed by atoms with Crippen LogP contribution in [0.25, 0.3) is 0 Å². The largest absolute Gasteiger partial charge is 0.457 e. The van der Waals surface area contributed by atoms with Crippen LogP contribution < -0.4 is 0 Å². The molecular weight excluding hydrogens is 370 g/mol. The minimum atomic E-state index is -0.334. The summed E-state index contributed by atoms with van der Waals surface area (Å²) in [5.74, 6) is -0.334. The number of nitrogens with zero attached hydrogens (tertiary/aromatic N) is 1. The average molecular weight is 400 g/mol. The Hall–Kier alpha value is -2.94. The summed E-state index contributed by atoms with van der Waals surface area (Å²) in [6.45, 7) is 4.58. The summed E-state index contributed by atoms with van der Waals surface area (Å²) in [6.07, 6.45) is 4.15. The Labute approximate surface area is 179 Å². The highest BCUT2D eigenvalue weighted by Gasteiger charge is 2.27. The molecule has 1 aromatic heterocycles. The van der Waals surface area contributed by atoms with Crippen LogP contribution in [0.4, 0.5) is 0 Å². The van der Waals surface area contributed by atoms with Crippen molar-refractivity contribution >= 4 is 5.97 Å². The Balaban J connectivity index is 1.51. The molecule has 1 aliphatic rings. The summed E-state index contributed by atoms with van der Waals surface area (Å²) in [5.41, 5.74) is 5.34. The molecule has 154 valence electrons. The van der Waals surface area contributed by atoms with Crippen molar-refractivity contribution in [3.63, 3.8) is 0 Å². The minimum Gasteiger partial charge on any atom is -0.457 e. The van der Waals surface area contributed by atoms with E-state index in [9.17, 15) is 4.79 Å². The highest BCUT2D eigenvalue weighted by molar-refractivity contribution is 5.87. The Morgan fingerprint density at radius 3 is 2.13 bits per heavy atom. The number of carbonyl (C=O) groups excluding carboxylic acids is 1. The molecule has 30 heavy (non-hydrogen) atoms. The number of aromatic nitrogens is 1. The maximum absolute atomic E-state index is 13.0. The number of rotatable bonds is 6. The van der Waals surface area contributed by atoms with E-state index in [4.69, 9.17) is 4.74 Å². The lowest BCUT2D eigenvalue weighted by atomic mass is 9.76. The van der Waals surface area contributed by atoms with E-state index in [1.54, 1.807) is 0 Å². The molecule has 3 aromatic rings. The van der Waals surface area contributed by atoms with Crippen molar-refractivity contribution in [1.82, 2.24) is 4.98 Å². The smallest absolute Gasteiger partial charge is 0.357 e. The van der Waals surface area contributed by atoms with Crippen molar-refractivity contribution < 1.29 is 9.53 Å². The normalized spacial score (nSPS) is 14.9. The second-order valence-corrected chi connectivity index (χ2v) is 9.05. The molecule has 0 aliphatic heterocycles. The monoisotopic (exact) mass is 399 g/mol. The summed E-state index contributed by atoms with van der Waals surface area (Å²) < 4.78 is 5.97. The van der Waals surface area contributed by atoms with E-state index < -0.39 is 0 Å². The predicted octanol–water partition coefficient (Wildman–Crippen LogP) is 5.61. The summed E-state index contributed by atoms with van der Waals surface area (Å²) in [6, 6.07) is 24.2. The molecule has 0 N–H and O–H groups in total. The van der Waals surface area contributed by atoms with Gasteiger partial charge in [0.2, 0.25) is 0 Å². The van der Waals surface area contributed by atoms with Gasteiger partial charge in [-0.2, -0.15) is 0 Å². The van der Waals surface area contributed by atoms with Crippen LogP contribution >= 0.6 is 0 Å². The third-order valence-corrected chi connectivity index (χ3v) is 5.87. The average Bonchev–Trinajstić information content (AvgIpc) is 2.74. The molecule has 4 rings (SSSR count). The summed E-state index contributed by atoms with van der Waals surface area (Å²) in [5, 5.41) is 0. The van der Waals surface area contributed by atoms with E-state index in [0.29, 0.717) is 24.0 Å². The SMILES string of the molecule is CC1(C)CCc2nc(C(=O)OC(Cc3ccccc3)Cc3ccccc3)ccc2C1. The quantitative estimate of drug-likeness (QED) is 0.506. The topological polar surface area (TPSA) is 39.2 Å². The molecule has 1 heterocycles. The molecule has 0 atom stereocenters. The van der Waals surface area contributed by atoms with Crippen LogP contribution in [-0.2, 0) is 30.4 Å². The van der Waals surface area contributed by atoms with Crippen molar-refractivity contribution in [2.24, 2.45) is 5.41 Å². The standard InChI is InChI=1S/C27H29NO2/c1-27(2)16-15-24-22(19-27)13-14-25(28-24)26(29)30-23(17-20-9-5-3-6-10-20)18-21-11-7-4-8-12-21/h3-14,23H,15-19H2,1-2H3. The van der Waals surface area contributed by atoms with Gasteiger partial charge >= 0.3 is 5.97 Å². The van der Waals surface area contributed by atoms with E-state index in [1.165, 1.54) is 5.56 Å². The lowest BCUT2D eigenvalue weighted by Gasteiger charge is -2.30. The second kappa shape index (κ2) is 8.83. The highest BCUT2D eigenvalue weighted by Crippen LogP contribution is 2.34. The Morgan fingerprint density at radius 1 is 0.933 bits per heavy atom. The van der Waals surface area contributed by atoms with Gasteiger partial charge in [0.05, 0.1) is 0 Å². The van der Waals surface area contributed by atoms with Gasteiger partial charge in [0.1, 0.15) is 11.8 Å². The number of fused-ring (bicyclic) bond motifs is 1. The fourth-order valence-electron chi connectivity index (χ4n) is 4.20. The van der Waals surface area contributed by atoms with Gasteiger partial charge in [-0.1, -0.05) is 80.6 Å². The van der Waals surface area contributed by atoms with Gasteiger partial charge < -0.3 is 4.74 Å². The number of esters is 1. The number of hydrogen-bond acceptors (Lipinski definition) is 3. The van der Waals surface area contributed by atoms with E-state index in [2.05, 4.69) is 49.2 Å². The first-order valence-corrected chi connectivity index (χ1v) is 10.8. The van der Waals surface area contributed by atoms with Gasteiger partial charge in [0, 0.05) is 18.5 Å². The van der Waals surface area contributed by atoms with E-state index >= 15 is 0 Å². The molecule has 0 unspecified atom stereocenters. The van der Waals surface area contributed by atoms with Crippen molar-refractivity contribution in [2.75, 3.05) is 0 Å². The van der Waals surface area contributed by atoms with Crippen LogP contribution in [0.3, 0.4) is 0 Å². The second-order valence-electron chi connectivity index (χ2n) is 9.05. The minimum absolute atomic E-state index is 0.237. The van der Waals surface area contributed by atoms with Gasteiger partial charge in [-0.15, -0.1) is 0 Å². The third-order valence-electron chi connectivity index (χ3n) is 5.87. The van der Waals surface area contributed by atoms with Crippen LogP contribution in [0, 0.1) is 5.41 Å². The van der Waals surface area contributed by atoms with Crippen LogP contribution in [0.5, 0.6) is 0 Å². The molecule has 0 radical (unpaired) electrons. The van der Waals surface area contributed by atoms with Crippen LogP contribution in [0.2, 0.25) is 0 Å². The maximum Gasteiger partial charge on any atom is 0.357 e. The number of carbonyl (C=O) groups is 1. The van der Waals surface area contributed by atoms with Crippen molar-refractivity contribution in [3.05, 3.63) is 101 Å². The molecular formula is C27H29NO2. The Bertz CT molecular complexity index is 954. The summed E-state index contributed by atoms with van der Waals surface area (Å²) in [7, 11) is 0. The van der Waals surface area contributed by atoms with Crippen molar-refractivity contribution in [2.45, 2.75) is 52.1 Å². The molecule has 0 bridgehead atoms. The molecule has 0 amide bonds. The Morgan fingerprint density at radius 2 is 1.53 bits per heavy atom. The molecule has 0 saturated carbocycles. The van der Waals surface area contributed by atoms with Crippen LogP contribution in [0.1, 0.15) is 53.1 Å². The number of pyridine rings is 1. The number of ether oxygens (including phenoxy) is 1. The molecule has 2 aromatic carbocycles. The molecule has 0 saturated heterocycles. The molecule has 1 aliphatic carbocycles. The Kier molecular flexibility index (Phi) is 5.98. The van der Waals surface area contributed by atoms with Crippen molar-refractivity contribution in [1.29, 1.82) is 0 Å².